The average Bonchev–Trinajstić information content (AvgIpc) is 2.91. The molecular formula is C11H16N2. The normalized spacial score (nSPS) is 16.5. The Kier molecular flexibility index (Phi) is 2.32. The molecule has 0 unspecified atom stereocenters. The van der Waals surface area contributed by atoms with E-state index >= 15 is 0 Å². The van der Waals surface area contributed by atoms with E-state index in [0.29, 0.717) is 0 Å². The smallest absolute Gasteiger partial charge is 0.0372 e. The fraction of sp³-hybridized carbons (Fsp3) is 0.545. The van der Waals surface area contributed by atoms with Crippen LogP contribution in [0.15, 0.2) is 18.3 Å². The third kappa shape index (κ3) is 2.28. The van der Waals surface area contributed by atoms with E-state index in [0.717, 1.165) is 18.3 Å². The van der Waals surface area contributed by atoms with E-state index in [1.54, 1.807) is 0 Å². The Labute approximate surface area is 79.6 Å². The highest BCUT2D eigenvalue weighted by atomic mass is 15.1. The Morgan fingerprint density at radius 1 is 1.46 bits per heavy atom. The second-order valence-corrected chi connectivity index (χ2v) is 3.95. The second kappa shape index (κ2) is 3.46. The third-order valence-electron chi connectivity index (χ3n) is 2.57. The van der Waals surface area contributed by atoms with Gasteiger partial charge in [0, 0.05) is 24.5 Å². The number of hydrogen-bond acceptors (Lipinski definition) is 2. The van der Waals surface area contributed by atoms with Crippen molar-refractivity contribution in [2.24, 2.45) is 0 Å². The number of nitrogens with zero attached hydrogens (tertiary/aromatic N) is 2. The minimum atomic E-state index is 0.835. The van der Waals surface area contributed by atoms with Crippen LogP contribution in [0.2, 0.25) is 0 Å². The summed E-state index contributed by atoms with van der Waals surface area (Å²) >= 11 is 0. The molecule has 0 spiro atoms. The molecule has 2 heteroatoms. The van der Waals surface area contributed by atoms with E-state index in [2.05, 4.69) is 29.1 Å². The van der Waals surface area contributed by atoms with Crippen molar-refractivity contribution < 1.29 is 0 Å². The van der Waals surface area contributed by atoms with Gasteiger partial charge in [-0.15, -0.1) is 0 Å². The lowest BCUT2D eigenvalue weighted by atomic mass is 10.2. The molecular weight excluding hydrogens is 160 g/mol. The number of pyridine rings is 1. The monoisotopic (exact) mass is 176 g/mol. The maximum Gasteiger partial charge on any atom is 0.0372 e. The van der Waals surface area contributed by atoms with E-state index in [-0.39, 0.29) is 0 Å². The fourth-order valence-corrected chi connectivity index (χ4v) is 1.52. The zero-order valence-electron chi connectivity index (χ0n) is 8.33. The van der Waals surface area contributed by atoms with Gasteiger partial charge in [0.15, 0.2) is 0 Å². The Hall–Kier alpha value is -0.890. The zero-order valence-corrected chi connectivity index (χ0v) is 8.33. The lowest BCUT2D eigenvalue weighted by molar-refractivity contribution is 0.316. The molecule has 0 N–H and O–H groups in total. The van der Waals surface area contributed by atoms with Crippen molar-refractivity contribution >= 4 is 0 Å². The van der Waals surface area contributed by atoms with E-state index in [9.17, 15) is 0 Å². The number of aromatic nitrogens is 1. The molecule has 13 heavy (non-hydrogen) atoms. The van der Waals surface area contributed by atoms with Gasteiger partial charge in [-0.25, -0.2) is 0 Å². The first-order valence-corrected chi connectivity index (χ1v) is 4.87. The summed E-state index contributed by atoms with van der Waals surface area (Å²) in [5, 5.41) is 0. The van der Waals surface area contributed by atoms with Gasteiger partial charge >= 0.3 is 0 Å². The molecule has 0 aromatic carbocycles. The first kappa shape index (κ1) is 8.70. The van der Waals surface area contributed by atoms with Crippen molar-refractivity contribution in [3.63, 3.8) is 0 Å². The summed E-state index contributed by atoms with van der Waals surface area (Å²) in [4.78, 5) is 6.69. The fourth-order valence-electron chi connectivity index (χ4n) is 1.52. The predicted molar refractivity (Wildman–Crippen MR) is 53.5 cm³/mol. The van der Waals surface area contributed by atoms with Crippen LogP contribution in [0.5, 0.6) is 0 Å². The zero-order chi connectivity index (χ0) is 9.26. The number of hydrogen-bond donors (Lipinski definition) is 0. The van der Waals surface area contributed by atoms with Crippen LogP contribution in [0, 0.1) is 6.92 Å². The van der Waals surface area contributed by atoms with Gasteiger partial charge in [-0.2, -0.15) is 0 Å². The lowest BCUT2D eigenvalue weighted by Crippen LogP contribution is -2.19. The topological polar surface area (TPSA) is 16.1 Å². The first-order valence-electron chi connectivity index (χ1n) is 4.87. The largest absolute Gasteiger partial charge is 0.299 e. The number of aryl methyl sites for hydroxylation is 1. The van der Waals surface area contributed by atoms with E-state index in [1.807, 2.05) is 13.1 Å². The summed E-state index contributed by atoms with van der Waals surface area (Å²) in [6.45, 7) is 3.06. The second-order valence-electron chi connectivity index (χ2n) is 3.95. The Morgan fingerprint density at radius 3 is 2.77 bits per heavy atom. The Bertz CT molecular complexity index is 275. The summed E-state index contributed by atoms with van der Waals surface area (Å²) in [6.07, 6.45) is 4.72. The van der Waals surface area contributed by atoms with Crippen LogP contribution in [-0.4, -0.2) is 23.0 Å². The lowest BCUT2D eigenvalue weighted by Gasteiger charge is -2.14. The Balaban J connectivity index is 1.96. The van der Waals surface area contributed by atoms with Crippen molar-refractivity contribution in [1.82, 2.24) is 9.88 Å². The van der Waals surface area contributed by atoms with Gasteiger partial charge in [0.2, 0.25) is 0 Å². The van der Waals surface area contributed by atoms with Gasteiger partial charge in [-0.3, -0.25) is 9.88 Å². The quantitative estimate of drug-likeness (QED) is 0.700. The molecule has 70 valence electrons. The molecule has 1 aromatic rings. The van der Waals surface area contributed by atoms with Gasteiger partial charge in [-0.1, -0.05) is 6.07 Å². The molecule has 0 radical (unpaired) electrons. The molecule has 0 saturated heterocycles. The SMILES string of the molecule is Cc1ccc(CN(C)C2CC2)cn1. The molecule has 0 aliphatic heterocycles. The number of rotatable bonds is 3. The summed E-state index contributed by atoms with van der Waals surface area (Å²) < 4.78 is 0. The molecule has 1 aliphatic rings. The molecule has 0 atom stereocenters. The molecule has 1 saturated carbocycles. The highest BCUT2D eigenvalue weighted by molar-refractivity contribution is 5.13. The third-order valence-corrected chi connectivity index (χ3v) is 2.57. The van der Waals surface area contributed by atoms with E-state index in [4.69, 9.17) is 0 Å². The van der Waals surface area contributed by atoms with Gasteiger partial charge < -0.3 is 0 Å². The minimum absolute atomic E-state index is 0.835. The van der Waals surface area contributed by atoms with Crippen LogP contribution in [0.1, 0.15) is 24.1 Å². The predicted octanol–water partition coefficient (Wildman–Crippen LogP) is 1.98. The summed E-state index contributed by atoms with van der Waals surface area (Å²) in [5.74, 6) is 0. The molecule has 0 amide bonds. The van der Waals surface area contributed by atoms with Gasteiger partial charge in [0.1, 0.15) is 0 Å². The molecule has 1 aromatic heterocycles. The molecule has 1 fully saturated rings. The Morgan fingerprint density at radius 2 is 2.23 bits per heavy atom. The summed E-state index contributed by atoms with van der Waals surface area (Å²) in [5.41, 5.74) is 2.41. The van der Waals surface area contributed by atoms with Gasteiger partial charge in [0.05, 0.1) is 0 Å². The van der Waals surface area contributed by atoms with Gasteiger partial charge in [0.25, 0.3) is 0 Å². The molecule has 2 rings (SSSR count). The first-order chi connectivity index (χ1) is 6.25. The van der Waals surface area contributed by atoms with Crippen molar-refractivity contribution in [3.8, 4) is 0 Å². The summed E-state index contributed by atoms with van der Waals surface area (Å²) in [6, 6.07) is 5.08. The van der Waals surface area contributed by atoms with Gasteiger partial charge in [-0.05, 0) is 38.4 Å². The molecule has 2 nitrogen and oxygen atoms in total. The van der Waals surface area contributed by atoms with E-state index < -0.39 is 0 Å². The maximum absolute atomic E-state index is 4.29. The van der Waals surface area contributed by atoms with Crippen LogP contribution >= 0.6 is 0 Å². The minimum Gasteiger partial charge on any atom is -0.299 e. The maximum atomic E-state index is 4.29. The van der Waals surface area contributed by atoms with Crippen LogP contribution in [0.3, 0.4) is 0 Å². The standard InChI is InChI=1S/C11H16N2/c1-9-3-4-10(7-12-9)8-13(2)11-5-6-11/h3-4,7,11H,5-6,8H2,1-2H3. The van der Waals surface area contributed by atoms with Crippen molar-refractivity contribution in [2.75, 3.05) is 7.05 Å². The van der Waals surface area contributed by atoms with Crippen LogP contribution in [0.25, 0.3) is 0 Å². The molecule has 0 bridgehead atoms. The highest BCUT2D eigenvalue weighted by Crippen LogP contribution is 2.26. The van der Waals surface area contributed by atoms with Crippen LogP contribution < -0.4 is 0 Å². The van der Waals surface area contributed by atoms with Crippen LogP contribution in [-0.2, 0) is 6.54 Å². The van der Waals surface area contributed by atoms with Crippen LogP contribution in [0.4, 0.5) is 0 Å². The van der Waals surface area contributed by atoms with Crippen molar-refractivity contribution in [3.05, 3.63) is 29.6 Å². The molecule has 1 heterocycles. The van der Waals surface area contributed by atoms with E-state index in [1.165, 1.54) is 18.4 Å². The summed E-state index contributed by atoms with van der Waals surface area (Å²) in [7, 11) is 2.19. The highest BCUT2D eigenvalue weighted by Gasteiger charge is 2.25. The molecule has 1 aliphatic carbocycles. The van der Waals surface area contributed by atoms with Crippen molar-refractivity contribution in [2.45, 2.75) is 32.4 Å². The average molecular weight is 176 g/mol. The van der Waals surface area contributed by atoms with Crippen molar-refractivity contribution in [1.29, 1.82) is 0 Å².